The van der Waals surface area contributed by atoms with Crippen LogP contribution in [0.25, 0.3) is 17.1 Å². The van der Waals surface area contributed by atoms with Gasteiger partial charge in [-0.25, -0.2) is 0 Å². The summed E-state index contributed by atoms with van der Waals surface area (Å²) in [4.78, 5) is 0. The number of nitrogens with zero attached hydrogens (tertiary/aromatic N) is 6. The molecule has 2 aromatic heterocycles. The molecular weight excluding hydrogens is 356 g/mol. The third kappa shape index (κ3) is 3.57. The summed E-state index contributed by atoms with van der Waals surface area (Å²) in [5.74, 6) is 0.755. The van der Waals surface area contributed by atoms with Crippen molar-refractivity contribution in [2.24, 2.45) is 0 Å². The van der Waals surface area contributed by atoms with Crippen molar-refractivity contribution in [3.63, 3.8) is 0 Å². The summed E-state index contributed by atoms with van der Waals surface area (Å²) in [6, 6.07) is 23.5. The molecule has 0 N–H and O–H groups in total. The maximum atomic E-state index is 8.87. The predicted molar refractivity (Wildman–Crippen MR) is 102 cm³/mol. The quantitative estimate of drug-likeness (QED) is 0.539. The molecule has 0 aliphatic carbocycles. The van der Waals surface area contributed by atoms with Crippen molar-refractivity contribution in [1.82, 2.24) is 25.0 Å². The SMILES string of the molecule is Cc1ccc(-c2nnc(Sc3ccc(C#N)nn3)n2-c2ccccc2)cc1. The van der Waals surface area contributed by atoms with Gasteiger partial charge in [0, 0.05) is 11.3 Å². The molecule has 0 spiro atoms. The van der Waals surface area contributed by atoms with Gasteiger partial charge in [0.2, 0.25) is 5.16 Å². The third-order valence-corrected chi connectivity index (χ3v) is 4.78. The van der Waals surface area contributed by atoms with Crippen molar-refractivity contribution in [3.8, 4) is 23.1 Å². The molecule has 4 rings (SSSR count). The van der Waals surface area contributed by atoms with E-state index in [9.17, 15) is 0 Å². The second-order valence-electron chi connectivity index (χ2n) is 5.81. The Kier molecular flexibility index (Phi) is 4.64. The molecular formula is C20H14N6S. The van der Waals surface area contributed by atoms with Crippen LogP contribution in [0.2, 0.25) is 0 Å². The lowest BCUT2D eigenvalue weighted by molar-refractivity contribution is 0.868. The largest absolute Gasteiger partial charge is 0.270 e. The van der Waals surface area contributed by atoms with Crippen LogP contribution in [0.3, 0.4) is 0 Å². The molecule has 0 saturated carbocycles. The van der Waals surface area contributed by atoms with Gasteiger partial charge in [-0.2, -0.15) is 5.26 Å². The Hall–Kier alpha value is -3.50. The van der Waals surface area contributed by atoms with E-state index < -0.39 is 0 Å². The zero-order valence-electron chi connectivity index (χ0n) is 14.4. The summed E-state index contributed by atoms with van der Waals surface area (Å²) < 4.78 is 2.00. The fraction of sp³-hybridized carbons (Fsp3) is 0.0500. The summed E-state index contributed by atoms with van der Waals surface area (Å²) in [5, 5.41) is 26.9. The summed E-state index contributed by atoms with van der Waals surface area (Å²) in [6.07, 6.45) is 0. The van der Waals surface area contributed by atoms with Crippen LogP contribution in [0.4, 0.5) is 0 Å². The Morgan fingerprint density at radius 2 is 1.63 bits per heavy atom. The first kappa shape index (κ1) is 16.9. The van der Waals surface area contributed by atoms with Gasteiger partial charge in [0.05, 0.1) is 0 Å². The second-order valence-corrected chi connectivity index (χ2v) is 6.80. The van der Waals surface area contributed by atoms with Crippen LogP contribution in [-0.4, -0.2) is 25.0 Å². The molecule has 2 aromatic carbocycles. The van der Waals surface area contributed by atoms with E-state index in [2.05, 4.69) is 39.5 Å². The molecule has 27 heavy (non-hydrogen) atoms. The van der Waals surface area contributed by atoms with Gasteiger partial charge in [0.25, 0.3) is 0 Å². The van der Waals surface area contributed by atoms with Crippen LogP contribution in [0.1, 0.15) is 11.3 Å². The molecule has 0 aliphatic heterocycles. The number of para-hydroxylation sites is 1. The van der Waals surface area contributed by atoms with E-state index >= 15 is 0 Å². The van der Waals surface area contributed by atoms with E-state index in [0.717, 1.165) is 17.1 Å². The number of rotatable bonds is 4. The molecule has 0 atom stereocenters. The molecule has 4 aromatic rings. The Bertz CT molecular complexity index is 1100. The lowest BCUT2D eigenvalue weighted by Crippen LogP contribution is -2.00. The van der Waals surface area contributed by atoms with Gasteiger partial charge < -0.3 is 0 Å². The van der Waals surface area contributed by atoms with E-state index in [-0.39, 0.29) is 5.69 Å². The van der Waals surface area contributed by atoms with Crippen LogP contribution < -0.4 is 0 Å². The van der Waals surface area contributed by atoms with Crippen LogP contribution in [0, 0.1) is 18.3 Å². The Morgan fingerprint density at radius 1 is 0.852 bits per heavy atom. The van der Waals surface area contributed by atoms with Crippen LogP contribution in [-0.2, 0) is 0 Å². The molecule has 0 saturated heterocycles. The van der Waals surface area contributed by atoms with Crippen molar-refractivity contribution in [2.45, 2.75) is 17.1 Å². The fourth-order valence-corrected chi connectivity index (χ4v) is 3.33. The third-order valence-electron chi connectivity index (χ3n) is 3.91. The van der Waals surface area contributed by atoms with Crippen LogP contribution >= 0.6 is 11.8 Å². The monoisotopic (exact) mass is 370 g/mol. The average molecular weight is 370 g/mol. The highest BCUT2D eigenvalue weighted by Crippen LogP contribution is 2.31. The number of nitriles is 1. The van der Waals surface area contributed by atoms with E-state index in [1.807, 2.05) is 53.1 Å². The molecule has 0 radical (unpaired) electrons. The molecule has 0 unspecified atom stereocenters. The second kappa shape index (κ2) is 7.40. The van der Waals surface area contributed by atoms with Crippen molar-refractivity contribution < 1.29 is 0 Å². The van der Waals surface area contributed by atoms with Gasteiger partial charge >= 0.3 is 0 Å². The first-order chi connectivity index (χ1) is 13.2. The number of benzene rings is 2. The Morgan fingerprint density at radius 3 is 2.30 bits per heavy atom. The Labute approximate surface area is 160 Å². The fourth-order valence-electron chi connectivity index (χ4n) is 2.56. The Balaban J connectivity index is 1.79. The van der Waals surface area contributed by atoms with E-state index in [0.29, 0.717) is 10.2 Å². The zero-order chi connectivity index (χ0) is 18.6. The maximum Gasteiger partial charge on any atom is 0.202 e. The number of hydrogen-bond acceptors (Lipinski definition) is 6. The van der Waals surface area contributed by atoms with Crippen LogP contribution in [0.5, 0.6) is 0 Å². The summed E-state index contributed by atoms with van der Waals surface area (Å²) >= 11 is 1.35. The van der Waals surface area contributed by atoms with Gasteiger partial charge in [-0.05, 0) is 43.0 Å². The van der Waals surface area contributed by atoms with Gasteiger partial charge in [-0.15, -0.1) is 20.4 Å². The summed E-state index contributed by atoms with van der Waals surface area (Å²) in [7, 11) is 0. The highest BCUT2D eigenvalue weighted by Gasteiger charge is 2.17. The average Bonchev–Trinajstić information content (AvgIpc) is 3.13. The zero-order valence-corrected chi connectivity index (χ0v) is 15.3. The smallest absolute Gasteiger partial charge is 0.202 e. The molecule has 0 amide bonds. The number of aromatic nitrogens is 5. The minimum atomic E-state index is 0.282. The molecule has 0 aliphatic rings. The first-order valence-electron chi connectivity index (χ1n) is 8.24. The molecule has 0 fully saturated rings. The van der Waals surface area contributed by atoms with Crippen molar-refractivity contribution in [1.29, 1.82) is 5.26 Å². The minimum absolute atomic E-state index is 0.282. The molecule has 6 nitrogen and oxygen atoms in total. The van der Waals surface area contributed by atoms with E-state index in [4.69, 9.17) is 5.26 Å². The lowest BCUT2D eigenvalue weighted by atomic mass is 10.1. The molecule has 130 valence electrons. The summed E-state index contributed by atoms with van der Waals surface area (Å²) in [5.41, 5.74) is 3.41. The lowest BCUT2D eigenvalue weighted by Gasteiger charge is -2.10. The van der Waals surface area contributed by atoms with Crippen molar-refractivity contribution >= 4 is 11.8 Å². The van der Waals surface area contributed by atoms with E-state index in [1.165, 1.54) is 17.3 Å². The topological polar surface area (TPSA) is 80.3 Å². The number of aryl methyl sites for hydroxylation is 1. The van der Waals surface area contributed by atoms with Crippen molar-refractivity contribution in [3.05, 3.63) is 78.0 Å². The summed E-state index contributed by atoms with van der Waals surface area (Å²) in [6.45, 7) is 2.05. The highest BCUT2D eigenvalue weighted by atomic mass is 32.2. The first-order valence-corrected chi connectivity index (χ1v) is 9.06. The van der Waals surface area contributed by atoms with Gasteiger partial charge in [0.1, 0.15) is 11.1 Å². The normalized spacial score (nSPS) is 10.5. The predicted octanol–water partition coefficient (Wildman–Crippen LogP) is 4.06. The highest BCUT2D eigenvalue weighted by molar-refractivity contribution is 7.99. The maximum absolute atomic E-state index is 8.87. The van der Waals surface area contributed by atoms with Gasteiger partial charge in [-0.3, -0.25) is 4.57 Å². The number of hydrogen-bond donors (Lipinski definition) is 0. The van der Waals surface area contributed by atoms with E-state index in [1.54, 1.807) is 12.1 Å². The van der Waals surface area contributed by atoms with Gasteiger partial charge in [-0.1, -0.05) is 48.0 Å². The molecule has 0 bridgehead atoms. The molecule has 7 heteroatoms. The molecule has 2 heterocycles. The van der Waals surface area contributed by atoms with Gasteiger partial charge in [0.15, 0.2) is 11.5 Å². The van der Waals surface area contributed by atoms with Crippen molar-refractivity contribution in [2.75, 3.05) is 0 Å². The minimum Gasteiger partial charge on any atom is -0.270 e. The van der Waals surface area contributed by atoms with Crippen LogP contribution in [0.15, 0.2) is 76.9 Å². The standard InChI is InChI=1S/C20H14N6S/c1-14-7-9-15(10-8-14)19-24-25-20(26(19)17-5-3-2-4-6-17)27-18-12-11-16(13-21)22-23-18/h2-12H,1H3.